The van der Waals surface area contributed by atoms with Crippen molar-refractivity contribution in [2.45, 2.75) is 25.2 Å². The molecule has 1 fully saturated rings. The van der Waals surface area contributed by atoms with Gasteiger partial charge in [0.05, 0.1) is 7.11 Å². The van der Waals surface area contributed by atoms with E-state index in [0.717, 1.165) is 18.2 Å². The number of anilines is 1. The van der Waals surface area contributed by atoms with Crippen molar-refractivity contribution in [3.05, 3.63) is 60.2 Å². The Morgan fingerprint density at radius 1 is 1.00 bits per heavy atom. The Balaban J connectivity index is 1.33. The summed E-state index contributed by atoms with van der Waals surface area (Å²) in [6, 6.07) is 19.1. The Hall–Kier alpha value is -2.00. The molecule has 0 saturated carbocycles. The van der Waals surface area contributed by atoms with E-state index in [-0.39, 0.29) is 0 Å². The van der Waals surface area contributed by atoms with Crippen molar-refractivity contribution < 1.29 is 4.74 Å². The average molecular weight is 324 g/mol. The Bertz CT molecular complexity index is 589. The molecule has 2 aromatic rings. The zero-order chi connectivity index (χ0) is 16.6. The highest BCUT2D eigenvalue weighted by molar-refractivity contribution is 5.46. The molecule has 0 amide bonds. The van der Waals surface area contributed by atoms with Crippen LogP contribution in [-0.4, -0.2) is 38.2 Å². The molecule has 3 nitrogen and oxygen atoms in total. The van der Waals surface area contributed by atoms with Gasteiger partial charge in [0.2, 0.25) is 0 Å². The van der Waals surface area contributed by atoms with Gasteiger partial charge in [-0.15, -0.1) is 0 Å². The van der Waals surface area contributed by atoms with Gasteiger partial charge >= 0.3 is 0 Å². The number of likely N-dealkylation sites (tertiary alicyclic amines) is 1. The minimum atomic E-state index is 0.750. The van der Waals surface area contributed by atoms with Gasteiger partial charge in [0.15, 0.2) is 0 Å². The highest BCUT2D eigenvalue weighted by Crippen LogP contribution is 2.27. The van der Waals surface area contributed by atoms with E-state index in [1.807, 2.05) is 12.1 Å². The van der Waals surface area contributed by atoms with Gasteiger partial charge in [0.1, 0.15) is 5.75 Å². The van der Waals surface area contributed by atoms with E-state index < -0.39 is 0 Å². The van der Waals surface area contributed by atoms with E-state index in [0.29, 0.717) is 0 Å². The molecular weight excluding hydrogens is 296 g/mol. The summed E-state index contributed by atoms with van der Waals surface area (Å²) in [5.41, 5.74) is 2.68. The van der Waals surface area contributed by atoms with Crippen LogP contribution in [0, 0.1) is 0 Å². The lowest BCUT2D eigenvalue weighted by atomic mass is 9.89. The molecule has 0 aliphatic carbocycles. The van der Waals surface area contributed by atoms with Gasteiger partial charge in [0, 0.05) is 12.2 Å². The zero-order valence-corrected chi connectivity index (χ0v) is 14.6. The summed E-state index contributed by atoms with van der Waals surface area (Å²) in [7, 11) is 1.70. The van der Waals surface area contributed by atoms with Crippen LogP contribution in [0.1, 0.15) is 30.7 Å². The molecule has 1 saturated heterocycles. The van der Waals surface area contributed by atoms with Crippen LogP contribution in [0.5, 0.6) is 5.75 Å². The quantitative estimate of drug-likeness (QED) is 0.765. The number of benzene rings is 2. The van der Waals surface area contributed by atoms with E-state index in [9.17, 15) is 0 Å². The first-order valence-corrected chi connectivity index (χ1v) is 9.00. The monoisotopic (exact) mass is 324 g/mol. The number of nitrogens with one attached hydrogen (secondary N) is 1. The summed E-state index contributed by atoms with van der Waals surface area (Å²) in [5, 5.41) is 3.49. The van der Waals surface area contributed by atoms with Gasteiger partial charge in [-0.25, -0.2) is 0 Å². The molecule has 1 N–H and O–H groups in total. The maximum Gasteiger partial charge on any atom is 0.119 e. The van der Waals surface area contributed by atoms with Crippen LogP contribution in [0.2, 0.25) is 0 Å². The highest BCUT2D eigenvalue weighted by Gasteiger charge is 2.19. The normalized spacial score (nSPS) is 16.0. The standard InChI is InChI=1S/C21H28N2O/c1-24-21-10-8-20(9-11-21)22-14-5-15-23-16-12-19(13-17-23)18-6-3-2-4-7-18/h2-4,6-11,19,22H,5,12-17H2,1H3. The van der Waals surface area contributed by atoms with Gasteiger partial charge in [-0.3, -0.25) is 0 Å². The van der Waals surface area contributed by atoms with Gasteiger partial charge in [0.25, 0.3) is 0 Å². The third-order valence-electron chi connectivity index (χ3n) is 4.93. The number of methoxy groups -OCH3 is 1. The molecule has 0 bridgehead atoms. The lowest BCUT2D eigenvalue weighted by molar-refractivity contribution is 0.212. The molecule has 128 valence electrons. The number of piperidine rings is 1. The van der Waals surface area contributed by atoms with E-state index >= 15 is 0 Å². The van der Waals surface area contributed by atoms with Gasteiger partial charge in [-0.2, -0.15) is 0 Å². The lowest BCUT2D eigenvalue weighted by Gasteiger charge is -2.32. The topological polar surface area (TPSA) is 24.5 Å². The van der Waals surface area contributed by atoms with Crippen molar-refractivity contribution in [1.82, 2.24) is 4.90 Å². The maximum absolute atomic E-state index is 5.18. The summed E-state index contributed by atoms with van der Waals surface area (Å²) in [6.45, 7) is 4.65. The van der Waals surface area contributed by atoms with Gasteiger partial charge < -0.3 is 15.0 Å². The van der Waals surface area contributed by atoms with Gasteiger partial charge in [-0.05, 0) is 74.6 Å². The van der Waals surface area contributed by atoms with Gasteiger partial charge in [-0.1, -0.05) is 30.3 Å². The number of rotatable bonds is 7. The number of ether oxygens (including phenoxy) is 1. The molecule has 0 aromatic heterocycles. The molecule has 24 heavy (non-hydrogen) atoms. The first kappa shape index (κ1) is 16.8. The van der Waals surface area contributed by atoms with Crippen LogP contribution < -0.4 is 10.1 Å². The fourth-order valence-corrected chi connectivity index (χ4v) is 3.46. The van der Waals surface area contributed by atoms with Crippen LogP contribution in [0.3, 0.4) is 0 Å². The summed E-state index contributed by atoms with van der Waals surface area (Å²) in [5.74, 6) is 1.65. The van der Waals surface area contributed by atoms with Crippen LogP contribution in [0.4, 0.5) is 5.69 Å². The molecule has 3 rings (SSSR count). The van der Waals surface area contributed by atoms with Crippen molar-refractivity contribution in [1.29, 1.82) is 0 Å². The second kappa shape index (κ2) is 8.74. The van der Waals surface area contributed by atoms with Crippen molar-refractivity contribution >= 4 is 5.69 Å². The zero-order valence-electron chi connectivity index (χ0n) is 14.6. The first-order valence-electron chi connectivity index (χ1n) is 9.00. The Labute approximate surface area is 145 Å². The fraction of sp³-hybridized carbons (Fsp3) is 0.429. The largest absolute Gasteiger partial charge is 0.497 e. The summed E-state index contributed by atoms with van der Waals surface area (Å²) in [6.07, 6.45) is 3.76. The Kier molecular flexibility index (Phi) is 6.13. The molecular formula is C21H28N2O. The van der Waals surface area contributed by atoms with E-state index in [1.165, 1.54) is 50.1 Å². The number of hydrogen-bond acceptors (Lipinski definition) is 3. The lowest BCUT2D eigenvalue weighted by Crippen LogP contribution is -2.34. The molecule has 1 heterocycles. The fourth-order valence-electron chi connectivity index (χ4n) is 3.46. The van der Waals surface area contributed by atoms with E-state index in [4.69, 9.17) is 4.74 Å². The summed E-state index contributed by atoms with van der Waals surface area (Å²) in [4.78, 5) is 2.61. The highest BCUT2D eigenvalue weighted by atomic mass is 16.5. The Morgan fingerprint density at radius 3 is 2.38 bits per heavy atom. The molecule has 1 aliphatic heterocycles. The molecule has 0 spiro atoms. The average Bonchev–Trinajstić information content (AvgIpc) is 2.67. The first-order chi connectivity index (χ1) is 11.8. The predicted octanol–water partition coefficient (Wildman–Crippen LogP) is 4.38. The third kappa shape index (κ3) is 4.75. The second-order valence-corrected chi connectivity index (χ2v) is 6.54. The van der Waals surface area contributed by atoms with Crippen LogP contribution in [0.15, 0.2) is 54.6 Å². The van der Waals surface area contributed by atoms with Crippen molar-refractivity contribution in [3.8, 4) is 5.75 Å². The molecule has 0 atom stereocenters. The van der Waals surface area contributed by atoms with Crippen molar-refractivity contribution in [3.63, 3.8) is 0 Å². The predicted molar refractivity (Wildman–Crippen MR) is 101 cm³/mol. The van der Waals surface area contributed by atoms with Crippen molar-refractivity contribution in [2.75, 3.05) is 38.6 Å². The van der Waals surface area contributed by atoms with Crippen LogP contribution in [0.25, 0.3) is 0 Å². The van der Waals surface area contributed by atoms with E-state index in [2.05, 4.69) is 52.7 Å². The molecule has 2 aromatic carbocycles. The SMILES string of the molecule is COc1ccc(NCCCN2CCC(c3ccccc3)CC2)cc1. The molecule has 0 radical (unpaired) electrons. The third-order valence-corrected chi connectivity index (χ3v) is 4.93. The van der Waals surface area contributed by atoms with Crippen LogP contribution >= 0.6 is 0 Å². The molecule has 0 unspecified atom stereocenters. The summed E-state index contributed by atoms with van der Waals surface area (Å²) >= 11 is 0. The number of nitrogens with zero attached hydrogens (tertiary/aromatic N) is 1. The number of hydrogen-bond donors (Lipinski definition) is 1. The Morgan fingerprint density at radius 2 is 1.71 bits per heavy atom. The molecule has 3 heteroatoms. The van der Waals surface area contributed by atoms with Crippen LogP contribution in [-0.2, 0) is 0 Å². The summed E-state index contributed by atoms with van der Waals surface area (Å²) < 4.78 is 5.18. The minimum absolute atomic E-state index is 0.750. The van der Waals surface area contributed by atoms with E-state index in [1.54, 1.807) is 7.11 Å². The second-order valence-electron chi connectivity index (χ2n) is 6.54. The van der Waals surface area contributed by atoms with Crippen molar-refractivity contribution in [2.24, 2.45) is 0 Å². The molecule has 1 aliphatic rings. The minimum Gasteiger partial charge on any atom is -0.497 e. The smallest absolute Gasteiger partial charge is 0.119 e. The maximum atomic E-state index is 5.18.